The SMILES string of the molecule is CC(C)(C)OC(=O)N1CCC2(CC1)COCC(CI)O2. The topological polar surface area (TPSA) is 48.0 Å². The van der Waals surface area contributed by atoms with E-state index in [2.05, 4.69) is 22.6 Å². The van der Waals surface area contributed by atoms with Crippen molar-refractivity contribution in [2.45, 2.75) is 50.9 Å². The molecule has 0 aromatic carbocycles. The van der Waals surface area contributed by atoms with Crippen LogP contribution in [0.1, 0.15) is 33.6 Å². The summed E-state index contributed by atoms with van der Waals surface area (Å²) < 4.78 is 18.2. The molecule has 0 aliphatic carbocycles. The van der Waals surface area contributed by atoms with Gasteiger partial charge >= 0.3 is 6.09 Å². The van der Waals surface area contributed by atoms with Gasteiger partial charge in [0.15, 0.2) is 0 Å². The predicted molar refractivity (Wildman–Crippen MR) is 84.4 cm³/mol. The van der Waals surface area contributed by atoms with Gasteiger partial charge in [0.25, 0.3) is 0 Å². The zero-order valence-corrected chi connectivity index (χ0v) is 14.6. The number of carbonyl (C=O) groups is 1. The molecule has 0 saturated carbocycles. The second-order valence-electron chi connectivity index (χ2n) is 6.56. The van der Waals surface area contributed by atoms with E-state index < -0.39 is 5.60 Å². The smallest absolute Gasteiger partial charge is 0.410 e. The van der Waals surface area contributed by atoms with E-state index >= 15 is 0 Å². The summed E-state index contributed by atoms with van der Waals surface area (Å²) in [6.07, 6.45) is 1.59. The predicted octanol–water partition coefficient (Wildman–Crippen LogP) is 2.61. The summed E-state index contributed by atoms with van der Waals surface area (Å²) in [7, 11) is 0. The Labute approximate surface area is 134 Å². The first-order chi connectivity index (χ1) is 9.34. The van der Waals surface area contributed by atoms with Crippen LogP contribution in [0.3, 0.4) is 0 Å². The van der Waals surface area contributed by atoms with Crippen molar-refractivity contribution in [2.75, 3.05) is 30.7 Å². The van der Waals surface area contributed by atoms with Crippen LogP contribution in [-0.4, -0.2) is 59.0 Å². The zero-order valence-electron chi connectivity index (χ0n) is 12.5. The van der Waals surface area contributed by atoms with E-state index in [0.29, 0.717) is 26.3 Å². The van der Waals surface area contributed by atoms with Crippen molar-refractivity contribution in [2.24, 2.45) is 0 Å². The summed E-state index contributed by atoms with van der Waals surface area (Å²) in [4.78, 5) is 13.8. The minimum absolute atomic E-state index is 0.178. The Morgan fingerprint density at radius 1 is 1.40 bits per heavy atom. The van der Waals surface area contributed by atoms with E-state index in [-0.39, 0.29) is 17.8 Å². The highest BCUT2D eigenvalue weighted by Gasteiger charge is 2.42. The molecule has 2 rings (SSSR count). The molecule has 2 heterocycles. The van der Waals surface area contributed by atoms with Gasteiger partial charge in [-0.3, -0.25) is 0 Å². The normalized spacial score (nSPS) is 26.6. The number of rotatable bonds is 1. The lowest BCUT2D eigenvalue weighted by Gasteiger charge is -2.45. The number of hydrogen-bond donors (Lipinski definition) is 0. The number of hydrogen-bond acceptors (Lipinski definition) is 4. The van der Waals surface area contributed by atoms with Gasteiger partial charge < -0.3 is 19.1 Å². The van der Waals surface area contributed by atoms with E-state index in [9.17, 15) is 4.79 Å². The molecule has 2 aliphatic rings. The standard InChI is InChI=1S/C14H24INO4/c1-13(2,3)20-12(17)16-6-4-14(5-7-16)10-18-9-11(8-15)19-14/h11H,4-10H2,1-3H3. The van der Waals surface area contributed by atoms with Crippen molar-refractivity contribution < 1.29 is 19.0 Å². The average molecular weight is 397 g/mol. The Kier molecular flexibility index (Phi) is 5.18. The largest absolute Gasteiger partial charge is 0.444 e. The second kappa shape index (κ2) is 6.36. The van der Waals surface area contributed by atoms with E-state index in [1.165, 1.54) is 0 Å². The fourth-order valence-corrected chi connectivity index (χ4v) is 2.99. The highest BCUT2D eigenvalue weighted by Crippen LogP contribution is 2.32. The van der Waals surface area contributed by atoms with Crippen LogP contribution in [0.15, 0.2) is 0 Å². The number of amides is 1. The van der Waals surface area contributed by atoms with Crippen LogP contribution in [0.4, 0.5) is 4.79 Å². The molecular weight excluding hydrogens is 373 g/mol. The molecule has 116 valence electrons. The van der Waals surface area contributed by atoms with E-state index in [1.807, 2.05) is 20.8 Å². The first-order valence-corrected chi connectivity index (χ1v) is 8.66. The molecule has 1 unspecified atom stereocenters. The molecule has 6 heteroatoms. The molecule has 0 radical (unpaired) electrons. The van der Waals surface area contributed by atoms with Crippen LogP contribution in [0, 0.1) is 0 Å². The zero-order chi connectivity index (χ0) is 14.8. The average Bonchev–Trinajstić information content (AvgIpc) is 2.37. The minimum Gasteiger partial charge on any atom is -0.444 e. The van der Waals surface area contributed by atoms with Gasteiger partial charge in [-0.25, -0.2) is 4.79 Å². The van der Waals surface area contributed by atoms with Gasteiger partial charge in [-0.05, 0) is 33.6 Å². The lowest BCUT2D eigenvalue weighted by Crippen LogP contribution is -2.55. The maximum atomic E-state index is 12.0. The lowest BCUT2D eigenvalue weighted by atomic mass is 9.91. The highest BCUT2D eigenvalue weighted by molar-refractivity contribution is 14.1. The van der Waals surface area contributed by atoms with Gasteiger partial charge in [0, 0.05) is 17.5 Å². The van der Waals surface area contributed by atoms with Gasteiger partial charge in [0.2, 0.25) is 0 Å². The molecule has 2 aliphatic heterocycles. The van der Waals surface area contributed by atoms with E-state index in [0.717, 1.165) is 17.3 Å². The van der Waals surface area contributed by atoms with Gasteiger partial charge in [-0.15, -0.1) is 0 Å². The number of ether oxygens (including phenoxy) is 3. The Bertz CT molecular complexity index is 348. The molecule has 2 fully saturated rings. The third-order valence-electron chi connectivity index (χ3n) is 3.58. The fraction of sp³-hybridized carbons (Fsp3) is 0.929. The first-order valence-electron chi connectivity index (χ1n) is 7.13. The molecular formula is C14H24INO4. The van der Waals surface area contributed by atoms with Crippen LogP contribution >= 0.6 is 22.6 Å². The van der Waals surface area contributed by atoms with Gasteiger partial charge in [-0.2, -0.15) is 0 Å². The molecule has 2 saturated heterocycles. The van der Waals surface area contributed by atoms with Crippen molar-refractivity contribution >= 4 is 28.7 Å². The summed E-state index contributed by atoms with van der Waals surface area (Å²) in [5.74, 6) is 0. The van der Waals surface area contributed by atoms with Crippen LogP contribution in [-0.2, 0) is 14.2 Å². The van der Waals surface area contributed by atoms with Crippen molar-refractivity contribution in [3.63, 3.8) is 0 Å². The summed E-state index contributed by atoms with van der Waals surface area (Å²) >= 11 is 2.33. The Balaban J connectivity index is 1.87. The van der Waals surface area contributed by atoms with Crippen molar-refractivity contribution in [3.8, 4) is 0 Å². The maximum Gasteiger partial charge on any atom is 0.410 e. The number of alkyl halides is 1. The maximum absolute atomic E-state index is 12.0. The molecule has 0 bridgehead atoms. The summed E-state index contributed by atoms with van der Waals surface area (Å²) in [5.41, 5.74) is -0.643. The Morgan fingerprint density at radius 3 is 2.60 bits per heavy atom. The van der Waals surface area contributed by atoms with Crippen LogP contribution in [0.25, 0.3) is 0 Å². The molecule has 0 aromatic heterocycles. The molecule has 0 aromatic rings. The number of halogens is 1. The van der Waals surface area contributed by atoms with E-state index in [1.54, 1.807) is 4.90 Å². The third kappa shape index (κ3) is 4.21. The number of piperidine rings is 1. The van der Waals surface area contributed by atoms with Gasteiger partial charge in [0.1, 0.15) is 5.60 Å². The minimum atomic E-state index is -0.441. The number of carbonyl (C=O) groups excluding carboxylic acids is 1. The summed E-state index contributed by atoms with van der Waals surface area (Å²) in [5, 5.41) is 0. The quantitative estimate of drug-likeness (QED) is 0.504. The van der Waals surface area contributed by atoms with Gasteiger partial charge in [-0.1, -0.05) is 22.6 Å². The summed E-state index contributed by atoms with van der Waals surface area (Å²) in [6, 6.07) is 0. The van der Waals surface area contributed by atoms with Crippen LogP contribution in [0.5, 0.6) is 0 Å². The number of nitrogens with zero attached hydrogens (tertiary/aromatic N) is 1. The first kappa shape index (κ1) is 16.3. The molecule has 5 nitrogen and oxygen atoms in total. The van der Waals surface area contributed by atoms with Crippen molar-refractivity contribution in [1.29, 1.82) is 0 Å². The Hall–Kier alpha value is -0.0800. The molecule has 0 N–H and O–H groups in total. The van der Waals surface area contributed by atoms with E-state index in [4.69, 9.17) is 14.2 Å². The molecule has 20 heavy (non-hydrogen) atoms. The fourth-order valence-electron chi connectivity index (χ4n) is 2.56. The number of likely N-dealkylation sites (tertiary alicyclic amines) is 1. The third-order valence-corrected chi connectivity index (χ3v) is 4.57. The summed E-state index contributed by atoms with van der Waals surface area (Å²) in [6.45, 7) is 8.33. The molecule has 1 amide bonds. The van der Waals surface area contributed by atoms with Gasteiger partial charge in [0.05, 0.1) is 24.9 Å². The highest BCUT2D eigenvalue weighted by atomic mass is 127. The van der Waals surface area contributed by atoms with Crippen molar-refractivity contribution in [1.82, 2.24) is 4.90 Å². The van der Waals surface area contributed by atoms with Crippen LogP contribution < -0.4 is 0 Å². The molecule has 1 atom stereocenters. The van der Waals surface area contributed by atoms with Crippen molar-refractivity contribution in [3.05, 3.63) is 0 Å². The monoisotopic (exact) mass is 397 g/mol. The molecule has 1 spiro atoms. The lowest BCUT2D eigenvalue weighted by molar-refractivity contribution is -0.205. The van der Waals surface area contributed by atoms with Crippen LogP contribution in [0.2, 0.25) is 0 Å². The Morgan fingerprint density at radius 2 is 2.05 bits per heavy atom. The second-order valence-corrected chi connectivity index (χ2v) is 7.44.